The number of hydrogen-bond donors (Lipinski definition) is 1. The van der Waals surface area contributed by atoms with E-state index in [2.05, 4.69) is 6.92 Å². The molecule has 0 aromatic heterocycles. The molecule has 1 aliphatic heterocycles. The standard InChI is InChI=1S/C15H20O4/c1-14(8-16)4-3-5-15(2)10-7-19-13(18)9(10)6-11(17)12(14)15/h12,16H,3-8H2,1-2H3. The maximum atomic E-state index is 12.5. The number of rotatable bonds is 1. The van der Waals surface area contributed by atoms with Crippen molar-refractivity contribution in [1.29, 1.82) is 0 Å². The Labute approximate surface area is 112 Å². The number of aliphatic hydroxyl groups excluding tert-OH is 1. The molecular weight excluding hydrogens is 244 g/mol. The van der Waals surface area contributed by atoms with Gasteiger partial charge in [-0.3, -0.25) is 4.79 Å². The number of aliphatic hydroxyl groups is 1. The van der Waals surface area contributed by atoms with E-state index in [1.807, 2.05) is 6.92 Å². The van der Waals surface area contributed by atoms with Gasteiger partial charge >= 0.3 is 5.97 Å². The molecule has 0 spiro atoms. The Morgan fingerprint density at radius 2 is 2.05 bits per heavy atom. The summed E-state index contributed by atoms with van der Waals surface area (Å²) in [4.78, 5) is 24.3. The lowest BCUT2D eigenvalue weighted by Crippen LogP contribution is -2.52. The van der Waals surface area contributed by atoms with Crippen LogP contribution in [0.4, 0.5) is 0 Å². The normalized spacial score (nSPS) is 41.9. The molecule has 1 heterocycles. The van der Waals surface area contributed by atoms with Crippen molar-refractivity contribution >= 4 is 11.8 Å². The molecule has 3 atom stereocenters. The van der Waals surface area contributed by atoms with Gasteiger partial charge in [-0.15, -0.1) is 0 Å². The lowest BCUT2D eigenvalue weighted by atomic mass is 9.49. The third-order valence-corrected chi connectivity index (χ3v) is 5.46. The van der Waals surface area contributed by atoms with E-state index in [9.17, 15) is 14.7 Å². The van der Waals surface area contributed by atoms with Gasteiger partial charge in [0.1, 0.15) is 12.4 Å². The van der Waals surface area contributed by atoms with Crippen molar-refractivity contribution in [1.82, 2.24) is 0 Å². The number of carbonyl (C=O) groups excluding carboxylic acids is 2. The van der Waals surface area contributed by atoms with E-state index >= 15 is 0 Å². The minimum atomic E-state index is -0.367. The van der Waals surface area contributed by atoms with Crippen molar-refractivity contribution in [3.8, 4) is 0 Å². The highest BCUT2D eigenvalue weighted by Crippen LogP contribution is 2.59. The average molecular weight is 264 g/mol. The van der Waals surface area contributed by atoms with Gasteiger partial charge in [0.25, 0.3) is 0 Å². The molecule has 0 saturated heterocycles. The first-order valence-corrected chi connectivity index (χ1v) is 6.95. The molecule has 1 N–H and O–H groups in total. The summed E-state index contributed by atoms with van der Waals surface area (Å²) >= 11 is 0. The predicted molar refractivity (Wildman–Crippen MR) is 68.2 cm³/mol. The van der Waals surface area contributed by atoms with Crippen LogP contribution in [0.1, 0.15) is 39.5 Å². The fourth-order valence-electron chi connectivity index (χ4n) is 4.56. The first-order valence-electron chi connectivity index (χ1n) is 6.95. The number of carbonyl (C=O) groups is 2. The Morgan fingerprint density at radius 3 is 2.74 bits per heavy atom. The molecule has 3 aliphatic rings. The summed E-state index contributed by atoms with van der Waals surface area (Å²) < 4.78 is 5.14. The first kappa shape index (κ1) is 12.9. The van der Waals surface area contributed by atoms with Crippen molar-refractivity contribution in [3.05, 3.63) is 11.1 Å². The molecule has 4 nitrogen and oxygen atoms in total. The minimum Gasteiger partial charge on any atom is -0.458 e. The molecule has 104 valence electrons. The predicted octanol–water partition coefficient (Wildman–Crippen LogP) is 1.62. The molecule has 0 aromatic carbocycles. The summed E-state index contributed by atoms with van der Waals surface area (Å²) in [5.74, 6) is -0.414. The summed E-state index contributed by atoms with van der Waals surface area (Å²) in [6, 6.07) is 0. The lowest BCUT2D eigenvalue weighted by molar-refractivity contribution is -0.140. The van der Waals surface area contributed by atoms with Crippen molar-refractivity contribution in [2.75, 3.05) is 13.2 Å². The quantitative estimate of drug-likeness (QED) is 0.731. The van der Waals surface area contributed by atoms with Crippen LogP contribution in [0, 0.1) is 16.7 Å². The van der Waals surface area contributed by atoms with Crippen LogP contribution in [0.2, 0.25) is 0 Å². The minimum absolute atomic E-state index is 0.0242. The molecule has 3 unspecified atom stereocenters. The Bertz CT molecular complexity index is 492. The van der Waals surface area contributed by atoms with Crippen LogP contribution in [0.3, 0.4) is 0 Å². The maximum absolute atomic E-state index is 12.5. The first-order chi connectivity index (χ1) is 8.92. The molecule has 2 aliphatic carbocycles. The molecule has 19 heavy (non-hydrogen) atoms. The van der Waals surface area contributed by atoms with E-state index in [-0.39, 0.29) is 41.5 Å². The molecular formula is C15H20O4. The number of fused-ring (bicyclic) bond motifs is 2. The second-order valence-electron chi connectivity index (χ2n) is 6.69. The zero-order valence-corrected chi connectivity index (χ0v) is 11.5. The second kappa shape index (κ2) is 3.92. The van der Waals surface area contributed by atoms with Crippen LogP contribution in [0.25, 0.3) is 0 Å². The summed E-state index contributed by atoms with van der Waals surface area (Å²) in [7, 11) is 0. The molecule has 0 aromatic rings. The number of ketones is 1. The van der Waals surface area contributed by atoms with Crippen LogP contribution in [-0.2, 0) is 14.3 Å². The van der Waals surface area contributed by atoms with Crippen LogP contribution < -0.4 is 0 Å². The fourth-order valence-corrected chi connectivity index (χ4v) is 4.56. The molecule has 3 rings (SSSR count). The van der Waals surface area contributed by atoms with Crippen molar-refractivity contribution in [2.45, 2.75) is 39.5 Å². The number of cyclic esters (lactones) is 1. The van der Waals surface area contributed by atoms with Gasteiger partial charge in [0.05, 0.1) is 0 Å². The molecule has 0 radical (unpaired) electrons. The highest BCUT2D eigenvalue weighted by Gasteiger charge is 2.58. The monoisotopic (exact) mass is 264 g/mol. The Morgan fingerprint density at radius 1 is 1.32 bits per heavy atom. The van der Waals surface area contributed by atoms with Crippen LogP contribution in [0.15, 0.2) is 11.1 Å². The smallest absolute Gasteiger partial charge is 0.334 e. The highest BCUT2D eigenvalue weighted by molar-refractivity contribution is 6.01. The SMILES string of the molecule is CC1(CO)CCCC2(C)C3=C(CC(=O)C12)C(=O)OC3. The molecule has 1 fully saturated rings. The van der Waals surface area contributed by atoms with Crippen molar-refractivity contribution in [3.63, 3.8) is 0 Å². The highest BCUT2D eigenvalue weighted by atomic mass is 16.5. The lowest BCUT2D eigenvalue weighted by Gasteiger charge is -2.53. The Hall–Kier alpha value is -1.16. The van der Waals surface area contributed by atoms with Gasteiger partial charge in [0.15, 0.2) is 0 Å². The van der Waals surface area contributed by atoms with Gasteiger partial charge in [-0.1, -0.05) is 20.3 Å². The zero-order valence-electron chi connectivity index (χ0n) is 11.5. The Kier molecular flexibility index (Phi) is 2.65. The van der Waals surface area contributed by atoms with Gasteiger partial charge in [-0.2, -0.15) is 0 Å². The van der Waals surface area contributed by atoms with E-state index in [0.717, 1.165) is 24.8 Å². The summed E-state index contributed by atoms with van der Waals surface area (Å²) in [6.07, 6.45) is 2.92. The summed E-state index contributed by atoms with van der Waals surface area (Å²) in [6.45, 7) is 4.42. The van der Waals surface area contributed by atoms with Crippen LogP contribution >= 0.6 is 0 Å². The number of esters is 1. The van der Waals surface area contributed by atoms with E-state index < -0.39 is 0 Å². The summed E-state index contributed by atoms with van der Waals surface area (Å²) in [5, 5.41) is 9.75. The molecule has 0 bridgehead atoms. The third-order valence-electron chi connectivity index (χ3n) is 5.46. The fraction of sp³-hybridized carbons (Fsp3) is 0.733. The second-order valence-corrected chi connectivity index (χ2v) is 6.69. The topological polar surface area (TPSA) is 63.6 Å². The molecule has 1 saturated carbocycles. The van der Waals surface area contributed by atoms with Crippen LogP contribution in [-0.4, -0.2) is 30.1 Å². The van der Waals surface area contributed by atoms with E-state index in [1.54, 1.807) is 0 Å². The molecule has 4 heteroatoms. The third kappa shape index (κ3) is 1.55. The van der Waals surface area contributed by atoms with E-state index in [0.29, 0.717) is 12.2 Å². The molecule has 0 amide bonds. The van der Waals surface area contributed by atoms with E-state index in [4.69, 9.17) is 4.74 Å². The van der Waals surface area contributed by atoms with Gasteiger partial charge in [-0.05, 0) is 18.4 Å². The van der Waals surface area contributed by atoms with E-state index in [1.165, 1.54) is 0 Å². The van der Waals surface area contributed by atoms with Gasteiger partial charge in [0.2, 0.25) is 0 Å². The number of hydrogen-bond acceptors (Lipinski definition) is 4. The zero-order chi connectivity index (χ0) is 13.8. The van der Waals surface area contributed by atoms with Crippen LogP contribution in [0.5, 0.6) is 0 Å². The Balaban J connectivity index is 2.13. The van der Waals surface area contributed by atoms with Crippen molar-refractivity contribution < 1.29 is 19.4 Å². The van der Waals surface area contributed by atoms with Gasteiger partial charge < -0.3 is 9.84 Å². The average Bonchev–Trinajstić information content (AvgIpc) is 2.71. The largest absolute Gasteiger partial charge is 0.458 e. The van der Waals surface area contributed by atoms with Crippen molar-refractivity contribution in [2.24, 2.45) is 16.7 Å². The maximum Gasteiger partial charge on any atom is 0.334 e. The summed E-state index contributed by atoms with van der Waals surface area (Å²) in [5.41, 5.74) is 0.924. The van der Waals surface area contributed by atoms with Gasteiger partial charge in [0, 0.05) is 35.3 Å². The number of ether oxygens (including phenoxy) is 1. The van der Waals surface area contributed by atoms with Gasteiger partial charge in [-0.25, -0.2) is 4.79 Å². The number of Topliss-reactive ketones (excluding diaryl/α,β-unsaturated/α-hetero) is 1.